The molecular weight excluding hydrogens is 194 g/mol. The van der Waals surface area contributed by atoms with Crippen LogP contribution in [0.15, 0.2) is 0 Å². The Morgan fingerprint density at radius 2 is 2.00 bits per heavy atom. The van der Waals surface area contributed by atoms with Gasteiger partial charge in [-0.05, 0) is 40.0 Å². The molecule has 0 aromatic heterocycles. The topological polar surface area (TPSA) is 49.6 Å². The van der Waals surface area contributed by atoms with Crippen LogP contribution in [-0.2, 0) is 0 Å². The van der Waals surface area contributed by atoms with E-state index >= 15 is 0 Å². The van der Waals surface area contributed by atoms with Gasteiger partial charge in [0, 0.05) is 17.9 Å². The van der Waals surface area contributed by atoms with Crippen LogP contribution in [0.5, 0.6) is 0 Å². The lowest BCUT2D eigenvalue weighted by Crippen LogP contribution is -2.45. The first-order valence-electron chi connectivity index (χ1n) is 5.53. The van der Waals surface area contributed by atoms with Gasteiger partial charge in [0.05, 0.1) is 6.54 Å². The Morgan fingerprint density at radius 3 is 2.40 bits per heavy atom. The summed E-state index contributed by atoms with van der Waals surface area (Å²) in [5.41, 5.74) is 0. The SMILES string of the molecule is CC(CN1CCC(N(C)C)CC1)[N+](=O)[O-]. The second-order valence-corrected chi connectivity index (χ2v) is 4.63. The molecule has 0 spiro atoms. The zero-order chi connectivity index (χ0) is 11.4. The van der Waals surface area contributed by atoms with Crippen molar-refractivity contribution in [3.05, 3.63) is 10.1 Å². The molecule has 88 valence electrons. The quantitative estimate of drug-likeness (QED) is 0.511. The van der Waals surface area contributed by atoms with Crippen LogP contribution in [0.2, 0.25) is 0 Å². The summed E-state index contributed by atoms with van der Waals surface area (Å²) in [5.74, 6) is 0. The highest BCUT2D eigenvalue weighted by molar-refractivity contribution is 4.77. The van der Waals surface area contributed by atoms with Crippen molar-refractivity contribution in [2.75, 3.05) is 33.7 Å². The highest BCUT2D eigenvalue weighted by atomic mass is 16.6. The Labute approximate surface area is 91.2 Å². The largest absolute Gasteiger partial charge is 0.306 e. The van der Waals surface area contributed by atoms with Crippen molar-refractivity contribution in [2.24, 2.45) is 0 Å². The third-order valence-corrected chi connectivity index (χ3v) is 3.17. The average molecular weight is 215 g/mol. The van der Waals surface area contributed by atoms with Crippen LogP contribution in [-0.4, -0.2) is 60.5 Å². The fraction of sp³-hybridized carbons (Fsp3) is 1.00. The summed E-state index contributed by atoms with van der Waals surface area (Å²) in [6.07, 6.45) is 2.24. The number of rotatable bonds is 4. The summed E-state index contributed by atoms with van der Waals surface area (Å²) < 4.78 is 0. The van der Waals surface area contributed by atoms with Crippen molar-refractivity contribution in [2.45, 2.75) is 31.8 Å². The minimum atomic E-state index is -0.444. The maximum absolute atomic E-state index is 10.5. The molecule has 0 aliphatic carbocycles. The smallest absolute Gasteiger partial charge is 0.222 e. The van der Waals surface area contributed by atoms with Crippen LogP contribution in [0.4, 0.5) is 0 Å². The molecule has 1 aliphatic rings. The highest BCUT2D eigenvalue weighted by Crippen LogP contribution is 2.14. The molecule has 0 N–H and O–H groups in total. The van der Waals surface area contributed by atoms with Gasteiger partial charge in [-0.1, -0.05) is 0 Å². The molecule has 1 atom stereocenters. The molecule has 1 saturated heterocycles. The van der Waals surface area contributed by atoms with E-state index in [9.17, 15) is 10.1 Å². The molecule has 0 aromatic carbocycles. The minimum Gasteiger partial charge on any atom is -0.306 e. The van der Waals surface area contributed by atoms with E-state index in [-0.39, 0.29) is 4.92 Å². The number of nitrogens with zero attached hydrogens (tertiary/aromatic N) is 3. The van der Waals surface area contributed by atoms with Crippen molar-refractivity contribution >= 4 is 0 Å². The summed E-state index contributed by atoms with van der Waals surface area (Å²) in [4.78, 5) is 14.8. The van der Waals surface area contributed by atoms with Gasteiger partial charge in [0.25, 0.3) is 0 Å². The van der Waals surface area contributed by atoms with Crippen LogP contribution in [0, 0.1) is 10.1 Å². The van der Waals surface area contributed by atoms with E-state index in [1.54, 1.807) is 6.92 Å². The molecule has 15 heavy (non-hydrogen) atoms. The first-order chi connectivity index (χ1) is 7.00. The van der Waals surface area contributed by atoms with Gasteiger partial charge in [-0.2, -0.15) is 0 Å². The van der Waals surface area contributed by atoms with E-state index < -0.39 is 6.04 Å². The molecule has 1 unspecified atom stereocenters. The van der Waals surface area contributed by atoms with Gasteiger partial charge < -0.3 is 4.90 Å². The molecule has 0 bridgehead atoms. The number of nitro groups is 1. The van der Waals surface area contributed by atoms with Gasteiger partial charge in [0.15, 0.2) is 0 Å². The van der Waals surface area contributed by atoms with Crippen LogP contribution < -0.4 is 0 Å². The summed E-state index contributed by atoms with van der Waals surface area (Å²) in [6, 6.07) is 0.202. The van der Waals surface area contributed by atoms with Gasteiger partial charge in [0.1, 0.15) is 0 Å². The number of likely N-dealkylation sites (tertiary alicyclic amines) is 1. The Hall–Kier alpha value is -0.680. The van der Waals surface area contributed by atoms with Gasteiger partial charge >= 0.3 is 0 Å². The molecule has 0 radical (unpaired) electrons. The van der Waals surface area contributed by atoms with Gasteiger partial charge in [-0.15, -0.1) is 0 Å². The second kappa shape index (κ2) is 5.42. The minimum absolute atomic E-state index is 0.196. The van der Waals surface area contributed by atoms with E-state index in [1.165, 1.54) is 0 Å². The molecule has 0 saturated carbocycles. The molecule has 1 fully saturated rings. The number of hydrogen-bond donors (Lipinski definition) is 0. The zero-order valence-electron chi connectivity index (χ0n) is 9.85. The lowest BCUT2D eigenvalue weighted by Gasteiger charge is -2.35. The summed E-state index contributed by atoms with van der Waals surface area (Å²) in [5, 5.41) is 10.5. The molecule has 1 rings (SSSR count). The number of piperidine rings is 1. The first kappa shape index (κ1) is 12.4. The van der Waals surface area contributed by atoms with E-state index in [2.05, 4.69) is 23.9 Å². The summed E-state index contributed by atoms with van der Waals surface area (Å²) >= 11 is 0. The third kappa shape index (κ3) is 3.76. The van der Waals surface area contributed by atoms with E-state index in [0.29, 0.717) is 12.6 Å². The summed E-state index contributed by atoms with van der Waals surface area (Å²) in [7, 11) is 4.19. The molecule has 0 aromatic rings. The Kier molecular flexibility index (Phi) is 4.47. The Bertz CT molecular complexity index is 213. The van der Waals surface area contributed by atoms with Gasteiger partial charge in [-0.25, -0.2) is 0 Å². The Balaban J connectivity index is 2.28. The number of hydrogen-bond acceptors (Lipinski definition) is 4. The predicted molar refractivity (Wildman–Crippen MR) is 59.6 cm³/mol. The second-order valence-electron chi connectivity index (χ2n) is 4.63. The van der Waals surface area contributed by atoms with Crippen molar-refractivity contribution in [1.29, 1.82) is 0 Å². The van der Waals surface area contributed by atoms with Crippen molar-refractivity contribution in [3.63, 3.8) is 0 Å². The monoisotopic (exact) mass is 215 g/mol. The standard InChI is InChI=1S/C10H21N3O2/c1-9(13(14)15)8-12-6-4-10(5-7-12)11(2)3/h9-10H,4-8H2,1-3H3. The average Bonchev–Trinajstić information content (AvgIpc) is 2.18. The van der Waals surface area contributed by atoms with Crippen molar-refractivity contribution in [1.82, 2.24) is 9.80 Å². The first-order valence-corrected chi connectivity index (χ1v) is 5.53. The molecule has 0 amide bonds. The van der Waals surface area contributed by atoms with Crippen molar-refractivity contribution < 1.29 is 4.92 Å². The third-order valence-electron chi connectivity index (χ3n) is 3.17. The molecular formula is C10H21N3O2. The highest BCUT2D eigenvalue weighted by Gasteiger charge is 2.24. The predicted octanol–water partition coefficient (Wildman–Crippen LogP) is 0.678. The van der Waals surface area contributed by atoms with Crippen LogP contribution in [0.1, 0.15) is 19.8 Å². The fourth-order valence-electron chi connectivity index (χ4n) is 2.06. The fourth-order valence-corrected chi connectivity index (χ4v) is 2.06. The lowest BCUT2D eigenvalue weighted by atomic mass is 10.0. The molecule has 5 heteroatoms. The van der Waals surface area contributed by atoms with E-state index in [4.69, 9.17) is 0 Å². The van der Waals surface area contributed by atoms with Crippen LogP contribution in [0.25, 0.3) is 0 Å². The maximum Gasteiger partial charge on any atom is 0.222 e. The van der Waals surface area contributed by atoms with E-state index in [1.807, 2.05) is 0 Å². The van der Waals surface area contributed by atoms with Crippen LogP contribution in [0.3, 0.4) is 0 Å². The normalized spacial score (nSPS) is 21.9. The lowest BCUT2D eigenvalue weighted by molar-refractivity contribution is -0.518. The molecule has 5 nitrogen and oxygen atoms in total. The maximum atomic E-state index is 10.5. The molecule has 1 aliphatic heterocycles. The van der Waals surface area contributed by atoms with Gasteiger partial charge in [0.2, 0.25) is 6.04 Å². The Morgan fingerprint density at radius 1 is 1.47 bits per heavy atom. The molecule has 1 heterocycles. The van der Waals surface area contributed by atoms with E-state index in [0.717, 1.165) is 25.9 Å². The van der Waals surface area contributed by atoms with Gasteiger partial charge in [-0.3, -0.25) is 15.0 Å². The summed E-state index contributed by atoms with van der Waals surface area (Å²) in [6.45, 7) is 4.24. The van der Waals surface area contributed by atoms with Crippen molar-refractivity contribution in [3.8, 4) is 0 Å². The zero-order valence-corrected chi connectivity index (χ0v) is 9.85. The van der Waals surface area contributed by atoms with Crippen LogP contribution >= 0.6 is 0 Å².